The Morgan fingerprint density at radius 1 is 1.20 bits per heavy atom. The van der Waals surface area contributed by atoms with E-state index in [1.165, 1.54) is 11.1 Å². The van der Waals surface area contributed by atoms with E-state index >= 15 is 0 Å². The van der Waals surface area contributed by atoms with E-state index in [1.807, 2.05) is 18.7 Å². The summed E-state index contributed by atoms with van der Waals surface area (Å²) in [7, 11) is 0. The predicted octanol–water partition coefficient (Wildman–Crippen LogP) is 2.79. The molecular formula is C19H29ClN2O3. The molecule has 1 saturated heterocycles. The van der Waals surface area contributed by atoms with E-state index in [9.17, 15) is 4.79 Å². The molecule has 2 heterocycles. The summed E-state index contributed by atoms with van der Waals surface area (Å²) in [6.07, 6.45) is 2.98. The van der Waals surface area contributed by atoms with Gasteiger partial charge in [0.15, 0.2) is 11.5 Å². The summed E-state index contributed by atoms with van der Waals surface area (Å²) in [4.78, 5) is 14.8. The number of amides is 1. The molecule has 0 spiro atoms. The Morgan fingerprint density at radius 2 is 1.88 bits per heavy atom. The van der Waals surface area contributed by atoms with Crippen LogP contribution in [0.3, 0.4) is 0 Å². The lowest BCUT2D eigenvalue weighted by Gasteiger charge is -2.33. The van der Waals surface area contributed by atoms with Crippen LogP contribution in [0.25, 0.3) is 0 Å². The minimum Gasteiger partial charge on any atom is -0.490 e. The molecule has 0 saturated carbocycles. The number of carbonyl (C=O) groups excluding carboxylic acids is 1. The van der Waals surface area contributed by atoms with Crippen LogP contribution in [0.4, 0.5) is 0 Å². The number of carbonyl (C=O) groups is 1. The van der Waals surface area contributed by atoms with Crippen molar-refractivity contribution in [3.8, 4) is 11.5 Å². The average Bonchev–Trinajstić information content (AvgIpc) is 2.62. The van der Waals surface area contributed by atoms with Crippen molar-refractivity contribution < 1.29 is 14.3 Å². The highest BCUT2D eigenvalue weighted by Gasteiger charge is 2.29. The molecular weight excluding hydrogens is 340 g/mol. The molecule has 1 N–H and O–H groups in total. The lowest BCUT2D eigenvalue weighted by Crippen LogP contribution is -2.44. The van der Waals surface area contributed by atoms with Crippen LogP contribution in [-0.2, 0) is 17.8 Å². The van der Waals surface area contributed by atoms with Crippen LogP contribution >= 0.6 is 12.4 Å². The fourth-order valence-electron chi connectivity index (χ4n) is 3.61. The van der Waals surface area contributed by atoms with E-state index in [1.54, 1.807) is 0 Å². The molecule has 3 rings (SSSR count). The van der Waals surface area contributed by atoms with Gasteiger partial charge in [0.25, 0.3) is 0 Å². The van der Waals surface area contributed by atoms with Gasteiger partial charge in [-0.15, -0.1) is 12.4 Å². The van der Waals surface area contributed by atoms with Crippen LogP contribution in [0.15, 0.2) is 12.1 Å². The molecule has 1 atom stereocenters. The maximum absolute atomic E-state index is 12.8. The average molecular weight is 369 g/mol. The number of ether oxygens (including phenoxy) is 2. The van der Waals surface area contributed by atoms with Crippen molar-refractivity contribution >= 4 is 18.3 Å². The molecule has 1 unspecified atom stereocenters. The van der Waals surface area contributed by atoms with Gasteiger partial charge >= 0.3 is 0 Å². The van der Waals surface area contributed by atoms with Crippen LogP contribution in [0, 0.1) is 5.92 Å². The van der Waals surface area contributed by atoms with E-state index in [4.69, 9.17) is 9.47 Å². The highest BCUT2D eigenvalue weighted by atomic mass is 35.5. The first kappa shape index (κ1) is 19.9. The van der Waals surface area contributed by atoms with Crippen molar-refractivity contribution in [2.24, 2.45) is 5.92 Å². The van der Waals surface area contributed by atoms with Crippen LogP contribution < -0.4 is 14.8 Å². The SMILES string of the molecule is CCOc1cc2c(cc1OCC)CN(C(=O)C1CCCNC1)CC2.Cl. The number of hydrogen-bond acceptors (Lipinski definition) is 4. The first-order chi connectivity index (χ1) is 11.7. The van der Waals surface area contributed by atoms with Gasteiger partial charge in [0.2, 0.25) is 5.91 Å². The highest BCUT2D eigenvalue weighted by Crippen LogP contribution is 2.34. The predicted molar refractivity (Wildman–Crippen MR) is 101 cm³/mol. The summed E-state index contributed by atoms with van der Waals surface area (Å²) in [5.41, 5.74) is 2.46. The van der Waals surface area contributed by atoms with Gasteiger partial charge in [0.05, 0.1) is 19.1 Å². The topological polar surface area (TPSA) is 50.8 Å². The second-order valence-electron chi connectivity index (χ2n) is 6.49. The molecule has 2 aliphatic rings. The molecule has 0 radical (unpaired) electrons. The molecule has 1 aromatic rings. The van der Waals surface area contributed by atoms with Gasteiger partial charge in [0.1, 0.15) is 0 Å². The Bertz CT molecular complexity index is 588. The fraction of sp³-hybridized carbons (Fsp3) is 0.632. The van der Waals surface area contributed by atoms with E-state index in [0.29, 0.717) is 25.7 Å². The molecule has 0 aliphatic carbocycles. The third-order valence-corrected chi connectivity index (χ3v) is 4.84. The van der Waals surface area contributed by atoms with Crippen molar-refractivity contribution in [3.05, 3.63) is 23.3 Å². The minimum absolute atomic E-state index is 0. The maximum atomic E-state index is 12.8. The summed E-state index contributed by atoms with van der Waals surface area (Å²) in [5, 5.41) is 3.34. The Kier molecular flexibility index (Phi) is 7.38. The largest absolute Gasteiger partial charge is 0.490 e. The number of fused-ring (bicyclic) bond motifs is 1. The Labute approximate surface area is 156 Å². The van der Waals surface area contributed by atoms with Gasteiger partial charge in [-0.05, 0) is 62.9 Å². The second-order valence-corrected chi connectivity index (χ2v) is 6.49. The Hall–Kier alpha value is -1.46. The summed E-state index contributed by atoms with van der Waals surface area (Å²) in [6, 6.07) is 4.15. The zero-order chi connectivity index (χ0) is 16.9. The normalized spacial score (nSPS) is 19.6. The van der Waals surface area contributed by atoms with Crippen LogP contribution in [0.2, 0.25) is 0 Å². The molecule has 140 valence electrons. The standard InChI is InChI=1S/C19H28N2O3.ClH/c1-3-23-17-10-14-7-9-21(13-16(14)11-18(17)24-4-2)19(22)15-6-5-8-20-12-15;/h10-11,15,20H,3-9,12-13H2,1-2H3;1H. The number of hydrogen-bond donors (Lipinski definition) is 1. The lowest BCUT2D eigenvalue weighted by molar-refractivity contribution is -0.137. The zero-order valence-electron chi connectivity index (χ0n) is 15.2. The van der Waals surface area contributed by atoms with Crippen molar-refractivity contribution in [3.63, 3.8) is 0 Å². The Morgan fingerprint density at radius 3 is 2.48 bits per heavy atom. The first-order valence-corrected chi connectivity index (χ1v) is 9.13. The van der Waals surface area contributed by atoms with Crippen LogP contribution in [0.1, 0.15) is 37.8 Å². The fourth-order valence-corrected chi connectivity index (χ4v) is 3.61. The van der Waals surface area contributed by atoms with Gasteiger partial charge in [-0.1, -0.05) is 0 Å². The molecule has 25 heavy (non-hydrogen) atoms. The van der Waals surface area contributed by atoms with Crippen molar-refractivity contribution in [2.75, 3.05) is 32.8 Å². The van der Waals surface area contributed by atoms with Gasteiger partial charge in [-0.2, -0.15) is 0 Å². The van der Waals surface area contributed by atoms with Gasteiger partial charge < -0.3 is 19.7 Å². The number of nitrogens with one attached hydrogen (secondary N) is 1. The molecule has 1 fully saturated rings. The summed E-state index contributed by atoms with van der Waals surface area (Å²) >= 11 is 0. The molecule has 2 aliphatic heterocycles. The number of piperidine rings is 1. The zero-order valence-corrected chi connectivity index (χ0v) is 16.0. The van der Waals surface area contributed by atoms with Crippen molar-refractivity contribution in [2.45, 2.75) is 39.7 Å². The summed E-state index contributed by atoms with van der Waals surface area (Å²) in [5.74, 6) is 2.02. The smallest absolute Gasteiger partial charge is 0.227 e. The highest BCUT2D eigenvalue weighted by molar-refractivity contribution is 5.85. The van der Waals surface area contributed by atoms with Crippen LogP contribution in [-0.4, -0.2) is 43.7 Å². The minimum atomic E-state index is 0. The molecule has 1 amide bonds. The molecule has 5 nitrogen and oxygen atoms in total. The molecule has 0 bridgehead atoms. The third-order valence-electron chi connectivity index (χ3n) is 4.84. The summed E-state index contributed by atoms with van der Waals surface area (Å²) < 4.78 is 11.4. The van der Waals surface area contributed by atoms with Gasteiger partial charge in [-0.25, -0.2) is 0 Å². The quantitative estimate of drug-likeness (QED) is 0.868. The number of nitrogens with zero attached hydrogens (tertiary/aromatic N) is 1. The maximum Gasteiger partial charge on any atom is 0.227 e. The van der Waals surface area contributed by atoms with E-state index in [-0.39, 0.29) is 18.3 Å². The molecule has 1 aromatic carbocycles. The lowest BCUT2D eigenvalue weighted by atomic mass is 9.94. The van der Waals surface area contributed by atoms with Gasteiger partial charge in [0, 0.05) is 19.6 Å². The third kappa shape index (κ3) is 4.59. The summed E-state index contributed by atoms with van der Waals surface area (Å²) in [6.45, 7) is 8.50. The molecule has 6 heteroatoms. The number of benzene rings is 1. The van der Waals surface area contributed by atoms with Crippen molar-refractivity contribution in [1.29, 1.82) is 0 Å². The first-order valence-electron chi connectivity index (χ1n) is 9.13. The number of rotatable bonds is 5. The van der Waals surface area contributed by atoms with Crippen LogP contribution in [0.5, 0.6) is 11.5 Å². The second kappa shape index (κ2) is 9.30. The van der Waals surface area contributed by atoms with Gasteiger partial charge in [-0.3, -0.25) is 4.79 Å². The van der Waals surface area contributed by atoms with E-state index in [0.717, 1.165) is 50.4 Å². The van der Waals surface area contributed by atoms with E-state index < -0.39 is 0 Å². The number of halogens is 1. The Balaban J connectivity index is 0.00000225. The molecule has 0 aromatic heterocycles. The van der Waals surface area contributed by atoms with E-state index in [2.05, 4.69) is 17.4 Å². The van der Waals surface area contributed by atoms with Crippen molar-refractivity contribution in [1.82, 2.24) is 10.2 Å². The monoisotopic (exact) mass is 368 g/mol.